The number of aromatic nitrogens is 2. The van der Waals surface area contributed by atoms with E-state index < -0.39 is 44.9 Å². The fraction of sp³-hybridized carbons (Fsp3) is 0.450. The van der Waals surface area contributed by atoms with Crippen LogP contribution in [-0.4, -0.2) is 42.3 Å². The van der Waals surface area contributed by atoms with E-state index in [1.807, 2.05) is 0 Å². The van der Waals surface area contributed by atoms with Gasteiger partial charge in [-0.25, -0.2) is 27.2 Å². The van der Waals surface area contributed by atoms with Crippen molar-refractivity contribution >= 4 is 44.9 Å². The topological polar surface area (TPSA) is 113 Å². The zero-order valence-corrected chi connectivity index (χ0v) is 19.5. The first-order valence-corrected chi connectivity index (χ1v) is 12.8. The van der Waals surface area contributed by atoms with Gasteiger partial charge in [0.15, 0.2) is 5.82 Å². The number of sulfonamides is 1. The van der Waals surface area contributed by atoms with E-state index in [4.69, 9.17) is 0 Å². The van der Waals surface area contributed by atoms with Gasteiger partial charge >= 0.3 is 0 Å². The van der Waals surface area contributed by atoms with Crippen LogP contribution in [0.15, 0.2) is 23.4 Å². The number of benzene rings is 1. The molecule has 32 heavy (non-hydrogen) atoms. The molecule has 1 unspecified atom stereocenters. The lowest BCUT2D eigenvalue weighted by Gasteiger charge is -2.15. The molecule has 0 fully saturated rings. The minimum Gasteiger partial charge on any atom is -0.369 e. The summed E-state index contributed by atoms with van der Waals surface area (Å²) in [5.74, 6) is -2.45. The predicted octanol–water partition coefficient (Wildman–Crippen LogP) is 3.80. The highest BCUT2D eigenvalue weighted by molar-refractivity contribution is 7.99. The number of carbonyl (C=O) groups excluding carboxylic acids is 1. The summed E-state index contributed by atoms with van der Waals surface area (Å²) in [5, 5.41) is 5.49. The Kier molecular flexibility index (Phi) is 7.55. The van der Waals surface area contributed by atoms with Crippen molar-refractivity contribution in [3.63, 3.8) is 0 Å². The van der Waals surface area contributed by atoms with E-state index in [2.05, 4.69) is 39.2 Å². The fourth-order valence-electron chi connectivity index (χ4n) is 3.09. The van der Waals surface area contributed by atoms with Crippen molar-refractivity contribution in [3.05, 3.63) is 35.8 Å². The Hall–Kier alpha value is -2.47. The van der Waals surface area contributed by atoms with Gasteiger partial charge < -0.3 is 10.6 Å². The first kappa shape index (κ1) is 24.2. The maximum atomic E-state index is 14.9. The van der Waals surface area contributed by atoms with Crippen LogP contribution in [0.2, 0.25) is 0 Å². The molecule has 1 aliphatic rings. The van der Waals surface area contributed by atoms with Gasteiger partial charge in [-0.15, -0.1) is 11.8 Å². The summed E-state index contributed by atoms with van der Waals surface area (Å²) < 4.78 is 55.2. The van der Waals surface area contributed by atoms with Crippen LogP contribution in [-0.2, 0) is 14.8 Å². The molecule has 2 aromatic rings. The van der Waals surface area contributed by atoms with Crippen molar-refractivity contribution in [2.45, 2.75) is 38.0 Å². The van der Waals surface area contributed by atoms with Gasteiger partial charge in [-0.2, -0.15) is 0 Å². The summed E-state index contributed by atoms with van der Waals surface area (Å²) in [5.41, 5.74) is -0.661. The SMILES string of the molecule is CCCS(=O)(=O)Nc1ccc(F)c(NC(=O)C2CSc3c(NCC(C)C)ncnc32)c1F. The summed E-state index contributed by atoms with van der Waals surface area (Å²) in [7, 11) is -3.79. The maximum absolute atomic E-state index is 14.9. The van der Waals surface area contributed by atoms with Crippen LogP contribution >= 0.6 is 11.8 Å². The van der Waals surface area contributed by atoms with E-state index in [-0.39, 0.29) is 5.75 Å². The van der Waals surface area contributed by atoms with E-state index in [0.29, 0.717) is 36.1 Å². The molecular formula is C20H25F2N5O3S2. The van der Waals surface area contributed by atoms with E-state index >= 15 is 0 Å². The van der Waals surface area contributed by atoms with Crippen molar-refractivity contribution in [1.29, 1.82) is 0 Å². The monoisotopic (exact) mass is 485 g/mol. The van der Waals surface area contributed by atoms with Crippen molar-refractivity contribution < 1.29 is 22.0 Å². The number of thioether (sulfide) groups is 1. The fourth-order valence-corrected chi connectivity index (χ4v) is 5.47. The lowest BCUT2D eigenvalue weighted by atomic mass is 10.1. The zero-order valence-electron chi connectivity index (χ0n) is 17.9. The maximum Gasteiger partial charge on any atom is 0.234 e. The molecular weight excluding hydrogens is 460 g/mol. The second kappa shape index (κ2) is 9.99. The third-order valence-electron chi connectivity index (χ3n) is 4.63. The molecule has 0 spiro atoms. The molecule has 174 valence electrons. The van der Waals surface area contributed by atoms with Gasteiger partial charge in [0, 0.05) is 12.3 Å². The lowest BCUT2D eigenvalue weighted by Crippen LogP contribution is -2.24. The minimum absolute atomic E-state index is 0.214. The number of hydrogen-bond donors (Lipinski definition) is 3. The average Bonchev–Trinajstić information content (AvgIpc) is 3.16. The molecule has 8 nitrogen and oxygen atoms in total. The number of rotatable bonds is 9. The summed E-state index contributed by atoms with van der Waals surface area (Å²) in [4.78, 5) is 22.1. The smallest absolute Gasteiger partial charge is 0.234 e. The Morgan fingerprint density at radius 3 is 2.72 bits per heavy atom. The summed E-state index contributed by atoms with van der Waals surface area (Å²) in [6.07, 6.45) is 1.67. The number of anilines is 3. The van der Waals surface area contributed by atoms with Gasteiger partial charge in [-0.1, -0.05) is 20.8 Å². The second-order valence-corrected chi connectivity index (χ2v) is 10.6. The summed E-state index contributed by atoms with van der Waals surface area (Å²) in [6, 6.07) is 1.88. The van der Waals surface area contributed by atoms with Crippen LogP contribution in [0.5, 0.6) is 0 Å². The highest BCUT2D eigenvalue weighted by atomic mass is 32.2. The van der Waals surface area contributed by atoms with Crippen LogP contribution in [0.1, 0.15) is 38.8 Å². The minimum atomic E-state index is -3.79. The van der Waals surface area contributed by atoms with Crippen molar-refractivity contribution in [2.24, 2.45) is 5.92 Å². The van der Waals surface area contributed by atoms with Crippen molar-refractivity contribution in [3.8, 4) is 0 Å². The molecule has 0 bridgehead atoms. The van der Waals surface area contributed by atoms with Gasteiger partial charge in [-0.05, 0) is 24.5 Å². The molecule has 3 N–H and O–H groups in total. The molecule has 0 saturated heterocycles. The molecule has 1 aromatic heterocycles. The van der Waals surface area contributed by atoms with Crippen LogP contribution in [0.25, 0.3) is 0 Å². The van der Waals surface area contributed by atoms with E-state index in [0.717, 1.165) is 17.0 Å². The number of amides is 1. The van der Waals surface area contributed by atoms with Gasteiger partial charge in [0.1, 0.15) is 23.6 Å². The number of nitrogens with one attached hydrogen (secondary N) is 3. The van der Waals surface area contributed by atoms with Crippen LogP contribution < -0.4 is 15.4 Å². The second-order valence-electron chi connectivity index (χ2n) is 7.77. The molecule has 0 aliphatic carbocycles. The lowest BCUT2D eigenvalue weighted by molar-refractivity contribution is -0.117. The quantitative estimate of drug-likeness (QED) is 0.495. The predicted molar refractivity (Wildman–Crippen MR) is 122 cm³/mol. The van der Waals surface area contributed by atoms with Crippen molar-refractivity contribution in [1.82, 2.24) is 9.97 Å². The van der Waals surface area contributed by atoms with Crippen molar-refractivity contribution in [2.75, 3.05) is 33.4 Å². The summed E-state index contributed by atoms with van der Waals surface area (Å²) in [6.45, 7) is 6.46. The van der Waals surface area contributed by atoms with Gasteiger partial charge in [0.2, 0.25) is 15.9 Å². The van der Waals surface area contributed by atoms with E-state index in [1.165, 1.54) is 18.1 Å². The van der Waals surface area contributed by atoms with Crippen LogP contribution in [0.4, 0.5) is 26.0 Å². The van der Waals surface area contributed by atoms with E-state index in [9.17, 15) is 22.0 Å². The molecule has 1 amide bonds. The number of halogens is 2. The molecule has 2 heterocycles. The average molecular weight is 486 g/mol. The molecule has 1 aromatic carbocycles. The highest BCUT2D eigenvalue weighted by Gasteiger charge is 2.34. The highest BCUT2D eigenvalue weighted by Crippen LogP contribution is 2.42. The summed E-state index contributed by atoms with van der Waals surface area (Å²) >= 11 is 1.39. The van der Waals surface area contributed by atoms with E-state index in [1.54, 1.807) is 6.92 Å². The standard InChI is InChI=1S/C20H25F2N5O3S2/c1-4-7-32(29,30)27-14-6-5-13(21)17(15(14)22)26-20(28)12-9-31-18-16(12)24-10-25-19(18)23-8-11(2)3/h5-6,10-12,27H,4,7-9H2,1-3H3,(H,26,28)(H,23,24,25). The molecule has 0 saturated carbocycles. The van der Waals surface area contributed by atoms with Crippen LogP contribution in [0.3, 0.4) is 0 Å². The number of nitrogens with zero attached hydrogens (tertiary/aromatic N) is 2. The number of fused-ring (bicyclic) bond motifs is 1. The molecule has 12 heteroatoms. The number of carbonyl (C=O) groups is 1. The Morgan fingerprint density at radius 1 is 1.28 bits per heavy atom. The first-order chi connectivity index (χ1) is 15.1. The molecule has 0 radical (unpaired) electrons. The number of hydrogen-bond acceptors (Lipinski definition) is 7. The molecule has 1 aliphatic heterocycles. The normalized spacial score (nSPS) is 15.5. The Bertz CT molecular complexity index is 1110. The zero-order chi connectivity index (χ0) is 23.5. The third-order valence-corrected chi connectivity index (χ3v) is 7.30. The molecule has 1 atom stereocenters. The van der Waals surface area contributed by atoms with Gasteiger partial charge in [-0.3, -0.25) is 9.52 Å². The Labute approximate surface area is 190 Å². The first-order valence-electron chi connectivity index (χ1n) is 10.1. The largest absolute Gasteiger partial charge is 0.369 e. The Balaban J connectivity index is 1.82. The third kappa shape index (κ3) is 5.47. The molecule has 3 rings (SSSR count). The van der Waals surface area contributed by atoms with Gasteiger partial charge in [0.05, 0.1) is 27.9 Å². The van der Waals surface area contributed by atoms with Crippen LogP contribution in [0, 0.1) is 17.6 Å². The van der Waals surface area contributed by atoms with Gasteiger partial charge in [0.25, 0.3) is 0 Å². The Morgan fingerprint density at radius 2 is 2.03 bits per heavy atom.